The van der Waals surface area contributed by atoms with E-state index in [9.17, 15) is 4.79 Å². The lowest BCUT2D eigenvalue weighted by molar-refractivity contribution is -0.0514. The van der Waals surface area contributed by atoms with Crippen LogP contribution in [0.4, 0.5) is 4.79 Å². The van der Waals surface area contributed by atoms with Gasteiger partial charge in [0, 0.05) is 25.2 Å². The first-order chi connectivity index (χ1) is 13.6. The van der Waals surface area contributed by atoms with Gasteiger partial charge in [-0.25, -0.2) is 4.79 Å². The van der Waals surface area contributed by atoms with Crippen LogP contribution in [0.5, 0.6) is 5.75 Å². The number of carbonyl (C=O) groups excluding carboxylic acids is 1. The van der Waals surface area contributed by atoms with Gasteiger partial charge in [0.1, 0.15) is 5.75 Å². The second-order valence-electron chi connectivity index (χ2n) is 8.55. The molecule has 2 fully saturated rings. The summed E-state index contributed by atoms with van der Waals surface area (Å²) in [5, 5.41) is 3.06. The van der Waals surface area contributed by atoms with Gasteiger partial charge in [0.05, 0.1) is 18.8 Å². The monoisotopic (exact) mass is 388 g/mol. The van der Waals surface area contributed by atoms with Crippen LogP contribution in [0, 0.1) is 5.92 Å². The highest BCUT2D eigenvalue weighted by molar-refractivity contribution is 5.74. The van der Waals surface area contributed by atoms with Gasteiger partial charge < -0.3 is 19.7 Å². The van der Waals surface area contributed by atoms with Crippen LogP contribution in [0.2, 0.25) is 0 Å². The quantitative estimate of drug-likeness (QED) is 0.734. The van der Waals surface area contributed by atoms with Crippen LogP contribution >= 0.6 is 0 Å². The number of likely N-dealkylation sites (tertiary alicyclic amines) is 1. The molecule has 1 aromatic rings. The molecule has 0 radical (unpaired) electrons. The van der Waals surface area contributed by atoms with E-state index in [1.807, 2.05) is 29.2 Å². The Labute approximate surface area is 169 Å². The summed E-state index contributed by atoms with van der Waals surface area (Å²) in [7, 11) is 0. The molecule has 5 nitrogen and oxygen atoms in total. The first-order valence-electron chi connectivity index (χ1n) is 11.0. The molecule has 1 aliphatic heterocycles. The van der Waals surface area contributed by atoms with Crippen LogP contribution in [0.25, 0.3) is 0 Å². The standard InChI is InChI=1S/C23H36N2O3/c1-18(2)17-27-22-11-7-6-8-19(22)16-24-23(26)25-14-12-21(13-15-25)28-20-9-4-3-5-10-20/h6-8,11,18,20-21H,3-5,9-10,12-17H2,1-2H3,(H,24,26). The molecule has 0 aromatic heterocycles. The van der Waals surface area contributed by atoms with E-state index in [0.717, 1.165) is 37.2 Å². The van der Waals surface area contributed by atoms with Crippen molar-refractivity contribution < 1.29 is 14.3 Å². The Kier molecular flexibility index (Phi) is 8.01. The van der Waals surface area contributed by atoms with Gasteiger partial charge in [0.15, 0.2) is 0 Å². The minimum absolute atomic E-state index is 0.00905. The number of hydrogen-bond donors (Lipinski definition) is 1. The highest BCUT2D eigenvalue weighted by Gasteiger charge is 2.26. The highest BCUT2D eigenvalue weighted by atomic mass is 16.5. The molecule has 0 bridgehead atoms. The first kappa shape index (κ1) is 21.0. The molecule has 28 heavy (non-hydrogen) atoms. The van der Waals surface area contributed by atoms with Gasteiger partial charge in [-0.2, -0.15) is 0 Å². The molecular formula is C23H36N2O3. The lowest BCUT2D eigenvalue weighted by Gasteiger charge is -2.35. The zero-order valence-corrected chi connectivity index (χ0v) is 17.5. The number of benzene rings is 1. The molecule has 156 valence electrons. The van der Waals surface area contributed by atoms with Gasteiger partial charge in [-0.15, -0.1) is 0 Å². The molecular weight excluding hydrogens is 352 g/mol. The average Bonchev–Trinajstić information content (AvgIpc) is 2.72. The van der Waals surface area contributed by atoms with Crippen molar-refractivity contribution in [1.82, 2.24) is 10.2 Å². The van der Waals surface area contributed by atoms with Crippen LogP contribution in [-0.2, 0) is 11.3 Å². The number of nitrogens with zero attached hydrogens (tertiary/aromatic N) is 1. The van der Waals surface area contributed by atoms with E-state index < -0.39 is 0 Å². The molecule has 0 unspecified atom stereocenters. The second-order valence-corrected chi connectivity index (χ2v) is 8.55. The number of para-hydroxylation sites is 1. The number of piperidine rings is 1. The average molecular weight is 389 g/mol. The maximum atomic E-state index is 12.6. The molecule has 5 heteroatoms. The third-order valence-electron chi connectivity index (χ3n) is 5.64. The molecule has 1 heterocycles. The molecule has 1 aliphatic carbocycles. The fourth-order valence-electron chi connectivity index (χ4n) is 4.00. The second kappa shape index (κ2) is 10.7. The van der Waals surface area contributed by atoms with E-state index in [4.69, 9.17) is 9.47 Å². The number of hydrogen-bond acceptors (Lipinski definition) is 3. The van der Waals surface area contributed by atoms with Crippen molar-refractivity contribution in [2.75, 3.05) is 19.7 Å². The summed E-state index contributed by atoms with van der Waals surface area (Å²) in [6.07, 6.45) is 9.01. The summed E-state index contributed by atoms with van der Waals surface area (Å²) >= 11 is 0. The van der Waals surface area contributed by atoms with Gasteiger partial charge in [-0.1, -0.05) is 51.3 Å². The summed E-state index contributed by atoms with van der Waals surface area (Å²) in [5.41, 5.74) is 1.02. The van der Waals surface area contributed by atoms with E-state index in [0.29, 0.717) is 31.3 Å². The van der Waals surface area contributed by atoms with Gasteiger partial charge in [-0.05, 0) is 37.7 Å². The lowest BCUT2D eigenvalue weighted by Crippen LogP contribution is -2.46. The topological polar surface area (TPSA) is 50.8 Å². The van der Waals surface area contributed by atoms with Crippen LogP contribution in [-0.4, -0.2) is 42.8 Å². The van der Waals surface area contributed by atoms with Crippen molar-refractivity contribution in [2.45, 2.75) is 77.5 Å². The third-order valence-corrected chi connectivity index (χ3v) is 5.64. The van der Waals surface area contributed by atoms with Gasteiger partial charge in [0.25, 0.3) is 0 Å². The van der Waals surface area contributed by atoms with Crippen LogP contribution in [0.15, 0.2) is 24.3 Å². The molecule has 1 saturated heterocycles. The normalized spacial score (nSPS) is 19.0. The minimum atomic E-state index is 0.00905. The maximum Gasteiger partial charge on any atom is 0.317 e. The summed E-state index contributed by atoms with van der Waals surface area (Å²) in [4.78, 5) is 14.5. The Morgan fingerprint density at radius 3 is 2.46 bits per heavy atom. The molecule has 3 rings (SSSR count). The third kappa shape index (κ3) is 6.40. The number of amides is 2. The van der Waals surface area contributed by atoms with Crippen molar-refractivity contribution in [3.8, 4) is 5.75 Å². The number of carbonyl (C=O) groups is 1. The fourth-order valence-corrected chi connectivity index (χ4v) is 4.00. The van der Waals surface area contributed by atoms with E-state index in [2.05, 4.69) is 19.2 Å². The van der Waals surface area contributed by atoms with Gasteiger partial charge in [0.2, 0.25) is 0 Å². The summed E-state index contributed by atoms with van der Waals surface area (Å²) in [6, 6.07) is 7.95. The number of rotatable bonds is 7. The fraction of sp³-hybridized carbons (Fsp3) is 0.696. The van der Waals surface area contributed by atoms with Gasteiger partial charge in [-0.3, -0.25) is 0 Å². The van der Waals surface area contributed by atoms with Crippen molar-refractivity contribution in [3.05, 3.63) is 29.8 Å². The molecule has 0 atom stereocenters. The molecule has 1 N–H and O–H groups in total. The zero-order chi connectivity index (χ0) is 19.8. The first-order valence-corrected chi connectivity index (χ1v) is 11.0. The molecule has 2 amide bonds. The Balaban J connectivity index is 1.41. The van der Waals surface area contributed by atoms with Crippen molar-refractivity contribution in [3.63, 3.8) is 0 Å². The van der Waals surface area contributed by atoms with E-state index in [1.165, 1.54) is 32.1 Å². The minimum Gasteiger partial charge on any atom is -0.493 e. The number of urea groups is 1. The summed E-state index contributed by atoms with van der Waals surface area (Å²) in [5.74, 6) is 1.33. The SMILES string of the molecule is CC(C)COc1ccccc1CNC(=O)N1CCC(OC2CCCCC2)CC1. The molecule has 0 spiro atoms. The Morgan fingerprint density at radius 1 is 1.07 bits per heavy atom. The summed E-state index contributed by atoms with van der Waals surface area (Å²) < 4.78 is 12.2. The van der Waals surface area contributed by atoms with E-state index in [1.54, 1.807) is 0 Å². The van der Waals surface area contributed by atoms with E-state index in [-0.39, 0.29) is 6.03 Å². The molecule has 1 saturated carbocycles. The predicted octanol–water partition coefficient (Wildman–Crippen LogP) is 4.74. The van der Waals surface area contributed by atoms with Crippen molar-refractivity contribution >= 4 is 6.03 Å². The Hall–Kier alpha value is -1.75. The smallest absolute Gasteiger partial charge is 0.317 e. The van der Waals surface area contributed by atoms with Crippen molar-refractivity contribution in [2.24, 2.45) is 5.92 Å². The van der Waals surface area contributed by atoms with Crippen LogP contribution < -0.4 is 10.1 Å². The molecule has 1 aromatic carbocycles. The maximum absolute atomic E-state index is 12.6. The Morgan fingerprint density at radius 2 is 1.75 bits per heavy atom. The zero-order valence-electron chi connectivity index (χ0n) is 17.5. The predicted molar refractivity (Wildman–Crippen MR) is 112 cm³/mol. The largest absolute Gasteiger partial charge is 0.493 e. The molecule has 2 aliphatic rings. The lowest BCUT2D eigenvalue weighted by atomic mass is 9.97. The van der Waals surface area contributed by atoms with Crippen molar-refractivity contribution in [1.29, 1.82) is 0 Å². The van der Waals surface area contributed by atoms with Gasteiger partial charge >= 0.3 is 6.03 Å². The Bertz CT molecular complexity index is 606. The summed E-state index contributed by atoms with van der Waals surface area (Å²) in [6.45, 7) is 6.98. The number of nitrogens with one attached hydrogen (secondary N) is 1. The van der Waals surface area contributed by atoms with Crippen LogP contribution in [0.3, 0.4) is 0 Å². The van der Waals surface area contributed by atoms with Crippen LogP contribution in [0.1, 0.15) is 64.4 Å². The number of ether oxygens (including phenoxy) is 2. The van der Waals surface area contributed by atoms with E-state index >= 15 is 0 Å². The highest BCUT2D eigenvalue weighted by Crippen LogP contribution is 2.25.